The van der Waals surface area contributed by atoms with Crippen LogP contribution in [0.4, 0.5) is 0 Å². The van der Waals surface area contributed by atoms with Crippen LogP contribution in [0.15, 0.2) is 35.2 Å². The smallest absolute Gasteiger partial charge is 0.240 e. The van der Waals surface area contributed by atoms with Crippen molar-refractivity contribution < 1.29 is 23.0 Å². The number of rotatable bonds is 6. The molecule has 0 radical (unpaired) electrons. The second-order valence-corrected chi connectivity index (χ2v) is 8.19. The topological polar surface area (TPSA) is 84.9 Å². The lowest BCUT2D eigenvalue weighted by Gasteiger charge is -2.15. The van der Waals surface area contributed by atoms with E-state index in [4.69, 9.17) is 9.47 Å². The minimum absolute atomic E-state index is 0.105. The average molecular weight is 377 g/mol. The SMILES string of the molecule is COc1c(C)cc(S(=O)(=O)NCC(O)c2ccc3c(c2)CCO3)cc1C. The van der Waals surface area contributed by atoms with Crippen molar-refractivity contribution in [2.24, 2.45) is 0 Å². The lowest BCUT2D eigenvalue weighted by Crippen LogP contribution is -2.28. The zero-order chi connectivity index (χ0) is 18.9. The van der Waals surface area contributed by atoms with Gasteiger partial charge in [0.25, 0.3) is 0 Å². The van der Waals surface area contributed by atoms with Crippen molar-refractivity contribution in [3.63, 3.8) is 0 Å². The lowest BCUT2D eigenvalue weighted by molar-refractivity contribution is 0.182. The first-order chi connectivity index (χ1) is 12.3. The van der Waals surface area contributed by atoms with E-state index < -0.39 is 16.1 Å². The molecule has 0 aliphatic carbocycles. The van der Waals surface area contributed by atoms with Crippen molar-refractivity contribution in [3.05, 3.63) is 52.6 Å². The summed E-state index contributed by atoms with van der Waals surface area (Å²) in [6.07, 6.45) is -0.137. The summed E-state index contributed by atoms with van der Waals surface area (Å²) in [6.45, 7) is 4.13. The molecule has 2 aromatic carbocycles. The van der Waals surface area contributed by atoms with Crippen molar-refractivity contribution in [1.82, 2.24) is 4.72 Å². The van der Waals surface area contributed by atoms with Gasteiger partial charge in [0.2, 0.25) is 10.0 Å². The minimum atomic E-state index is -3.74. The van der Waals surface area contributed by atoms with Crippen LogP contribution in [0, 0.1) is 13.8 Å². The van der Waals surface area contributed by atoms with E-state index in [9.17, 15) is 13.5 Å². The van der Waals surface area contributed by atoms with E-state index in [-0.39, 0.29) is 11.4 Å². The number of aliphatic hydroxyl groups excluding tert-OH is 1. The summed E-state index contributed by atoms with van der Waals surface area (Å²) in [5, 5.41) is 10.4. The molecule has 6 nitrogen and oxygen atoms in total. The van der Waals surface area contributed by atoms with Crippen molar-refractivity contribution in [3.8, 4) is 11.5 Å². The average Bonchev–Trinajstić information content (AvgIpc) is 3.07. The summed E-state index contributed by atoms with van der Waals surface area (Å²) >= 11 is 0. The maximum atomic E-state index is 12.6. The van der Waals surface area contributed by atoms with Crippen LogP contribution in [-0.4, -0.2) is 33.8 Å². The van der Waals surface area contributed by atoms with E-state index in [0.29, 0.717) is 17.9 Å². The van der Waals surface area contributed by atoms with Gasteiger partial charge in [0.1, 0.15) is 11.5 Å². The number of nitrogens with one attached hydrogen (secondary N) is 1. The first-order valence-electron chi connectivity index (χ1n) is 8.40. The Morgan fingerprint density at radius 1 is 1.23 bits per heavy atom. The van der Waals surface area contributed by atoms with Gasteiger partial charge >= 0.3 is 0 Å². The number of ether oxygens (including phenoxy) is 2. The van der Waals surface area contributed by atoms with E-state index in [1.807, 2.05) is 12.1 Å². The first-order valence-corrected chi connectivity index (χ1v) is 9.88. The molecule has 1 aliphatic heterocycles. The Morgan fingerprint density at radius 3 is 2.58 bits per heavy atom. The number of hydrogen-bond donors (Lipinski definition) is 2. The molecule has 26 heavy (non-hydrogen) atoms. The largest absolute Gasteiger partial charge is 0.496 e. The highest BCUT2D eigenvalue weighted by Crippen LogP contribution is 2.29. The van der Waals surface area contributed by atoms with Crippen LogP contribution in [0.25, 0.3) is 0 Å². The highest BCUT2D eigenvalue weighted by atomic mass is 32.2. The van der Waals surface area contributed by atoms with Gasteiger partial charge in [0, 0.05) is 13.0 Å². The standard InChI is InChI=1S/C19H23NO5S/c1-12-8-16(9-13(2)19(12)24-3)26(22,23)20-11-17(21)14-4-5-18-15(10-14)6-7-25-18/h4-5,8-10,17,20-21H,6-7,11H2,1-3H3. The van der Waals surface area contributed by atoms with Crippen LogP contribution in [0.1, 0.15) is 28.4 Å². The second-order valence-electron chi connectivity index (χ2n) is 6.42. The molecule has 0 bridgehead atoms. The fraction of sp³-hybridized carbons (Fsp3) is 0.368. The summed E-state index contributed by atoms with van der Waals surface area (Å²) in [5.41, 5.74) is 3.18. The predicted molar refractivity (Wildman–Crippen MR) is 98.3 cm³/mol. The highest BCUT2D eigenvalue weighted by molar-refractivity contribution is 7.89. The van der Waals surface area contributed by atoms with Crippen molar-refractivity contribution in [1.29, 1.82) is 0 Å². The molecule has 2 N–H and O–H groups in total. The Morgan fingerprint density at radius 2 is 1.92 bits per heavy atom. The molecule has 0 amide bonds. The van der Waals surface area contributed by atoms with Crippen molar-refractivity contribution >= 4 is 10.0 Å². The van der Waals surface area contributed by atoms with E-state index in [1.165, 1.54) is 0 Å². The highest BCUT2D eigenvalue weighted by Gasteiger charge is 2.20. The van der Waals surface area contributed by atoms with Gasteiger partial charge in [-0.3, -0.25) is 0 Å². The zero-order valence-electron chi connectivity index (χ0n) is 15.1. The number of methoxy groups -OCH3 is 1. The summed E-state index contributed by atoms with van der Waals surface area (Å²) < 4.78 is 38.3. The maximum absolute atomic E-state index is 12.6. The van der Waals surface area contributed by atoms with Gasteiger partial charge in [-0.25, -0.2) is 13.1 Å². The molecule has 1 aliphatic rings. The molecule has 140 valence electrons. The van der Waals surface area contributed by atoms with Gasteiger partial charge in [-0.15, -0.1) is 0 Å². The van der Waals surface area contributed by atoms with Gasteiger partial charge in [-0.2, -0.15) is 0 Å². The van der Waals surface area contributed by atoms with Gasteiger partial charge in [0.05, 0.1) is 24.7 Å². The molecular weight excluding hydrogens is 354 g/mol. The van der Waals surface area contributed by atoms with Crippen LogP contribution in [0.3, 0.4) is 0 Å². The summed E-state index contributed by atoms with van der Waals surface area (Å²) in [4.78, 5) is 0.155. The third-order valence-electron chi connectivity index (χ3n) is 4.51. The van der Waals surface area contributed by atoms with Crippen LogP contribution < -0.4 is 14.2 Å². The molecule has 1 heterocycles. The van der Waals surface area contributed by atoms with Crippen molar-refractivity contribution in [2.45, 2.75) is 31.3 Å². The van der Waals surface area contributed by atoms with Crippen LogP contribution in [0.5, 0.6) is 11.5 Å². The molecule has 3 rings (SSSR count). The van der Waals surface area contributed by atoms with Gasteiger partial charge in [-0.1, -0.05) is 6.07 Å². The number of sulfonamides is 1. The Labute approximate surface area is 153 Å². The van der Waals surface area contributed by atoms with Crippen LogP contribution >= 0.6 is 0 Å². The number of benzene rings is 2. The molecule has 0 saturated heterocycles. The monoisotopic (exact) mass is 377 g/mol. The summed E-state index contributed by atoms with van der Waals surface area (Å²) in [7, 11) is -2.18. The number of fused-ring (bicyclic) bond motifs is 1. The Kier molecular flexibility index (Phi) is 5.22. The molecule has 2 aromatic rings. The number of aliphatic hydroxyl groups is 1. The fourth-order valence-electron chi connectivity index (χ4n) is 3.19. The fourth-order valence-corrected chi connectivity index (χ4v) is 4.40. The molecular formula is C19H23NO5S. The van der Waals surface area contributed by atoms with E-state index in [1.54, 1.807) is 39.2 Å². The Balaban J connectivity index is 1.74. The van der Waals surface area contributed by atoms with Crippen molar-refractivity contribution in [2.75, 3.05) is 20.3 Å². The Hall–Kier alpha value is -2.09. The minimum Gasteiger partial charge on any atom is -0.496 e. The molecule has 0 spiro atoms. The molecule has 1 atom stereocenters. The molecule has 1 unspecified atom stereocenters. The molecule has 0 saturated carbocycles. The number of hydrogen-bond acceptors (Lipinski definition) is 5. The zero-order valence-corrected chi connectivity index (χ0v) is 15.9. The summed E-state index contributed by atoms with van der Waals surface area (Å²) in [5.74, 6) is 1.50. The quantitative estimate of drug-likeness (QED) is 0.807. The van der Waals surface area contributed by atoms with E-state index in [2.05, 4.69) is 4.72 Å². The van der Waals surface area contributed by atoms with E-state index >= 15 is 0 Å². The third-order valence-corrected chi connectivity index (χ3v) is 5.92. The van der Waals surface area contributed by atoms with Gasteiger partial charge in [-0.05, 0) is 60.4 Å². The normalized spacial score (nSPS) is 14.6. The molecule has 0 fully saturated rings. The maximum Gasteiger partial charge on any atom is 0.240 e. The third kappa shape index (κ3) is 3.70. The summed E-state index contributed by atoms with van der Waals surface area (Å²) in [6, 6.07) is 8.56. The second kappa shape index (κ2) is 7.26. The first kappa shape index (κ1) is 18.7. The Bertz CT molecular complexity index is 901. The predicted octanol–water partition coefficient (Wildman–Crippen LogP) is 2.26. The molecule has 7 heteroatoms. The van der Waals surface area contributed by atoms with Gasteiger partial charge in [0.15, 0.2) is 0 Å². The van der Waals surface area contributed by atoms with Gasteiger partial charge < -0.3 is 14.6 Å². The molecule has 0 aromatic heterocycles. The lowest BCUT2D eigenvalue weighted by atomic mass is 10.0. The van der Waals surface area contributed by atoms with Crippen LogP contribution in [0.2, 0.25) is 0 Å². The van der Waals surface area contributed by atoms with E-state index in [0.717, 1.165) is 28.9 Å². The van der Waals surface area contributed by atoms with Crippen LogP contribution in [-0.2, 0) is 16.4 Å². The number of aryl methyl sites for hydroxylation is 2.